The van der Waals surface area contributed by atoms with Gasteiger partial charge in [-0.05, 0) is 23.6 Å². The van der Waals surface area contributed by atoms with Gasteiger partial charge in [0.1, 0.15) is 11.5 Å². The normalized spacial score (nSPS) is 11.1. The predicted octanol–water partition coefficient (Wildman–Crippen LogP) is 5.43. The number of benzene rings is 3. The van der Waals surface area contributed by atoms with Crippen molar-refractivity contribution < 1.29 is 9.47 Å². The lowest BCUT2D eigenvalue weighted by Gasteiger charge is -2.10. The van der Waals surface area contributed by atoms with E-state index in [1.54, 1.807) is 20.4 Å². The molecule has 0 bridgehead atoms. The summed E-state index contributed by atoms with van der Waals surface area (Å²) < 4.78 is 11.0. The lowest BCUT2D eigenvalue weighted by Crippen LogP contribution is -1.95. The SMILES string of the molecule is COc1cc2c(OC)cccc2cc1C=NNc1nc(-c2ccccc2)cs1. The first kappa shape index (κ1) is 18.0. The minimum atomic E-state index is 0.728. The van der Waals surface area contributed by atoms with E-state index >= 15 is 0 Å². The van der Waals surface area contributed by atoms with E-state index < -0.39 is 0 Å². The Bertz CT molecular complexity index is 1120. The van der Waals surface area contributed by atoms with Crippen LogP contribution in [-0.4, -0.2) is 25.4 Å². The van der Waals surface area contributed by atoms with Crippen LogP contribution in [-0.2, 0) is 0 Å². The number of fused-ring (bicyclic) bond motifs is 1. The zero-order chi connectivity index (χ0) is 19.3. The van der Waals surface area contributed by atoms with Gasteiger partial charge in [0.15, 0.2) is 0 Å². The van der Waals surface area contributed by atoms with Crippen molar-refractivity contribution in [2.45, 2.75) is 0 Å². The molecule has 1 heterocycles. The van der Waals surface area contributed by atoms with Crippen LogP contribution < -0.4 is 14.9 Å². The number of aromatic nitrogens is 1. The Balaban J connectivity index is 1.56. The fourth-order valence-corrected chi connectivity index (χ4v) is 3.64. The number of rotatable bonds is 6. The van der Waals surface area contributed by atoms with Crippen LogP contribution in [0.5, 0.6) is 11.5 Å². The molecule has 3 aromatic carbocycles. The summed E-state index contributed by atoms with van der Waals surface area (Å²) in [6.45, 7) is 0. The summed E-state index contributed by atoms with van der Waals surface area (Å²) in [5.74, 6) is 1.54. The smallest absolute Gasteiger partial charge is 0.203 e. The quantitative estimate of drug-likeness (QED) is 0.353. The highest BCUT2D eigenvalue weighted by Crippen LogP contribution is 2.31. The molecule has 5 nitrogen and oxygen atoms in total. The summed E-state index contributed by atoms with van der Waals surface area (Å²) in [5.41, 5.74) is 5.89. The van der Waals surface area contributed by atoms with E-state index in [4.69, 9.17) is 9.47 Å². The number of anilines is 1. The van der Waals surface area contributed by atoms with Gasteiger partial charge in [0, 0.05) is 21.9 Å². The van der Waals surface area contributed by atoms with Crippen LogP contribution in [0.1, 0.15) is 5.56 Å². The second-order valence-corrected chi connectivity index (χ2v) is 6.91. The van der Waals surface area contributed by atoms with Crippen molar-refractivity contribution in [2.75, 3.05) is 19.6 Å². The summed E-state index contributed by atoms with van der Waals surface area (Å²) in [6, 6.07) is 20.0. The standard InChI is InChI=1S/C22H19N3O2S/c1-26-20-10-6-9-16-11-17(21(27-2)12-18(16)20)13-23-25-22-24-19(14-28-22)15-7-4-3-5-8-15/h3-14H,1-2H3,(H,24,25). The average molecular weight is 389 g/mol. The highest BCUT2D eigenvalue weighted by Gasteiger charge is 2.08. The number of methoxy groups -OCH3 is 2. The Morgan fingerprint density at radius 3 is 2.57 bits per heavy atom. The van der Waals surface area contributed by atoms with Gasteiger partial charge in [0.2, 0.25) is 5.13 Å². The third kappa shape index (κ3) is 3.68. The number of ether oxygens (including phenoxy) is 2. The van der Waals surface area contributed by atoms with E-state index in [1.165, 1.54) is 11.3 Å². The molecule has 1 N–H and O–H groups in total. The molecule has 0 atom stereocenters. The largest absolute Gasteiger partial charge is 0.496 e. The van der Waals surface area contributed by atoms with Crippen LogP contribution in [0.3, 0.4) is 0 Å². The third-order valence-electron chi connectivity index (χ3n) is 4.35. The Labute approximate surface area is 167 Å². The lowest BCUT2D eigenvalue weighted by molar-refractivity contribution is 0.411. The Kier molecular flexibility index (Phi) is 5.21. The first-order chi connectivity index (χ1) is 13.8. The highest BCUT2D eigenvalue weighted by molar-refractivity contribution is 7.14. The number of hydrazone groups is 1. The molecule has 0 amide bonds. The minimum absolute atomic E-state index is 0.728. The van der Waals surface area contributed by atoms with Crippen molar-refractivity contribution in [1.82, 2.24) is 4.98 Å². The number of hydrogen-bond acceptors (Lipinski definition) is 6. The van der Waals surface area contributed by atoms with Crippen molar-refractivity contribution in [3.8, 4) is 22.8 Å². The maximum atomic E-state index is 5.53. The Morgan fingerprint density at radius 2 is 1.79 bits per heavy atom. The van der Waals surface area contributed by atoms with Crippen LogP contribution in [0.2, 0.25) is 0 Å². The fourth-order valence-electron chi connectivity index (χ4n) is 2.97. The molecule has 4 rings (SSSR count). The minimum Gasteiger partial charge on any atom is -0.496 e. The van der Waals surface area contributed by atoms with Gasteiger partial charge < -0.3 is 9.47 Å². The van der Waals surface area contributed by atoms with Gasteiger partial charge in [-0.15, -0.1) is 11.3 Å². The molecule has 140 valence electrons. The van der Waals surface area contributed by atoms with Crippen molar-refractivity contribution in [3.63, 3.8) is 0 Å². The fraction of sp³-hybridized carbons (Fsp3) is 0.0909. The number of thiazole rings is 1. The van der Waals surface area contributed by atoms with Crippen LogP contribution in [0.25, 0.3) is 22.0 Å². The summed E-state index contributed by atoms with van der Waals surface area (Å²) in [5, 5.41) is 9.14. The van der Waals surface area contributed by atoms with Gasteiger partial charge in [0.05, 0.1) is 26.1 Å². The average Bonchev–Trinajstić information content (AvgIpc) is 3.22. The van der Waals surface area contributed by atoms with E-state index in [2.05, 4.69) is 15.5 Å². The van der Waals surface area contributed by atoms with E-state index in [0.29, 0.717) is 0 Å². The van der Waals surface area contributed by atoms with Gasteiger partial charge in [-0.2, -0.15) is 5.10 Å². The van der Waals surface area contributed by atoms with E-state index in [0.717, 1.165) is 44.2 Å². The van der Waals surface area contributed by atoms with Crippen LogP contribution >= 0.6 is 11.3 Å². The lowest BCUT2D eigenvalue weighted by atomic mass is 10.1. The topological polar surface area (TPSA) is 55.7 Å². The molecule has 4 aromatic rings. The molecule has 1 aromatic heterocycles. The first-order valence-corrected chi connectivity index (χ1v) is 9.61. The van der Waals surface area contributed by atoms with Crippen molar-refractivity contribution in [2.24, 2.45) is 5.10 Å². The van der Waals surface area contributed by atoms with Gasteiger partial charge in [-0.3, -0.25) is 5.43 Å². The maximum Gasteiger partial charge on any atom is 0.203 e. The molecular formula is C22H19N3O2S. The number of nitrogens with one attached hydrogen (secondary N) is 1. The summed E-state index contributed by atoms with van der Waals surface area (Å²) >= 11 is 1.51. The summed E-state index contributed by atoms with van der Waals surface area (Å²) in [7, 11) is 3.31. The molecule has 0 spiro atoms. The zero-order valence-electron chi connectivity index (χ0n) is 15.5. The second kappa shape index (κ2) is 8.10. The van der Waals surface area contributed by atoms with Crippen LogP contribution in [0.15, 0.2) is 71.1 Å². The summed E-state index contributed by atoms with van der Waals surface area (Å²) in [6.07, 6.45) is 1.74. The molecule has 6 heteroatoms. The molecule has 0 aliphatic heterocycles. The molecule has 0 radical (unpaired) electrons. The van der Waals surface area contributed by atoms with Crippen LogP contribution in [0, 0.1) is 0 Å². The molecule has 0 saturated heterocycles. The van der Waals surface area contributed by atoms with Gasteiger partial charge in [-0.1, -0.05) is 42.5 Å². The summed E-state index contributed by atoms with van der Waals surface area (Å²) in [4.78, 5) is 4.57. The second-order valence-electron chi connectivity index (χ2n) is 6.05. The number of nitrogens with zero attached hydrogens (tertiary/aromatic N) is 2. The van der Waals surface area contributed by atoms with Crippen molar-refractivity contribution in [3.05, 3.63) is 71.6 Å². The van der Waals surface area contributed by atoms with E-state index in [9.17, 15) is 0 Å². The molecule has 0 saturated carbocycles. The van der Waals surface area contributed by atoms with Crippen LogP contribution in [0.4, 0.5) is 5.13 Å². The van der Waals surface area contributed by atoms with E-state index in [1.807, 2.05) is 66.0 Å². The van der Waals surface area contributed by atoms with Gasteiger partial charge in [-0.25, -0.2) is 4.98 Å². The highest BCUT2D eigenvalue weighted by atomic mass is 32.1. The number of hydrogen-bond donors (Lipinski definition) is 1. The molecule has 0 fully saturated rings. The van der Waals surface area contributed by atoms with Crippen molar-refractivity contribution >= 4 is 33.5 Å². The van der Waals surface area contributed by atoms with Gasteiger partial charge in [0.25, 0.3) is 0 Å². The molecule has 28 heavy (non-hydrogen) atoms. The zero-order valence-corrected chi connectivity index (χ0v) is 16.4. The maximum absolute atomic E-state index is 5.53. The monoisotopic (exact) mass is 389 g/mol. The van der Waals surface area contributed by atoms with E-state index in [-0.39, 0.29) is 0 Å². The molecule has 0 aliphatic carbocycles. The molecular weight excluding hydrogens is 370 g/mol. The third-order valence-corrected chi connectivity index (χ3v) is 5.10. The molecule has 0 aliphatic rings. The Morgan fingerprint density at radius 1 is 0.964 bits per heavy atom. The Hall–Kier alpha value is -3.38. The van der Waals surface area contributed by atoms with Crippen molar-refractivity contribution in [1.29, 1.82) is 0 Å². The predicted molar refractivity (Wildman–Crippen MR) is 116 cm³/mol. The van der Waals surface area contributed by atoms with Gasteiger partial charge >= 0.3 is 0 Å². The first-order valence-electron chi connectivity index (χ1n) is 8.73. The molecule has 0 unspecified atom stereocenters.